The summed E-state index contributed by atoms with van der Waals surface area (Å²) in [6.45, 7) is 0. The van der Waals surface area contributed by atoms with E-state index in [9.17, 15) is 0 Å². The molecule has 0 N–H and O–H groups in total. The van der Waals surface area contributed by atoms with Gasteiger partial charge in [0, 0.05) is 24.8 Å². The van der Waals surface area contributed by atoms with Crippen LogP contribution in [0.25, 0.3) is 11.6 Å². The van der Waals surface area contributed by atoms with Crippen LogP contribution in [0.5, 0.6) is 0 Å². The fourth-order valence-corrected chi connectivity index (χ4v) is 3.17. The smallest absolute Gasteiger partial charge is 0.240 e. The number of rotatable bonds is 3. The lowest BCUT2D eigenvalue weighted by Crippen LogP contribution is -2.24. The maximum Gasteiger partial charge on any atom is 0.240 e. The van der Waals surface area contributed by atoms with E-state index in [0.717, 1.165) is 31.2 Å². The Morgan fingerprint density at radius 2 is 1.77 bits per heavy atom. The molecular weight excluding hydrogens is 278 g/mol. The van der Waals surface area contributed by atoms with E-state index in [-0.39, 0.29) is 5.41 Å². The molecule has 0 atom stereocenters. The maximum atomic E-state index is 5.59. The molecule has 0 aliphatic heterocycles. The van der Waals surface area contributed by atoms with Crippen molar-refractivity contribution in [3.05, 3.63) is 54.4 Å². The Labute approximate surface area is 127 Å². The summed E-state index contributed by atoms with van der Waals surface area (Å²) in [4.78, 5) is 17.2. The lowest BCUT2D eigenvalue weighted by molar-refractivity contribution is 0.311. The molecule has 0 bridgehead atoms. The molecular formula is C16H15N5O. The third-order valence-electron chi connectivity index (χ3n) is 4.27. The van der Waals surface area contributed by atoms with Crippen molar-refractivity contribution >= 4 is 0 Å². The largest absolute Gasteiger partial charge is 0.338 e. The van der Waals surface area contributed by atoms with Crippen LogP contribution in [-0.4, -0.2) is 25.1 Å². The highest BCUT2D eigenvalue weighted by Crippen LogP contribution is 2.45. The van der Waals surface area contributed by atoms with Gasteiger partial charge >= 0.3 is 0 Å². The van der Waals surface area contributed by atoms with Crippen LogP contribution < -0.4 is 0 Å². The minimum Gasteiger partial charge on any atom is -0.338 e. The Bertz CT molecular complexity index is 750. The van der Waals surface area contributed by atoms with Crippen LogP contribution in [0, 0.1) is 0 Å². The predicted octanol–water partition coefficient (Wildman–Crippen LogP) is 2.78. The van der Waals surface area contributed by atoms with Gasteiger partial charge in [0.15, 0.2) is 0 Å². The minimum atomic E-state index is -0.228. The molecule has 0 spiro atoms. The molecule has 1 aliphatic carbocycles. The summed E-state index contributed by atoms with van der Waals surface area (Å²) in [6.07, 6.45) is 11.3. The summed E-state index contributed by atoms with van der Waals surface area (Å²) in [5.74, 6) is 1.56. The third kappa shape index (κ3) is 2.07. The lowest BCUT2D eigenvalue weighted by atomic mass is 9.79. The van der Waals surface area contributed by atoms with E-state index in [1.165, 1.54) is 0 Å². The first-order valence-corrected chi connectivity index (χ1v) is 7.41. The van der Waals surface area contributed by atoms with Crippen LogP contribution in [0.4, 0.5) is 0 Å². The van der Waals surface area contributed by atoms with Crippen molar-refractivity contribution in [1.29, 1.82) is 0 Å². The van der Waals surface area contributed by atoms with E-state index in [0.29, 0.717) is 17.5 Å². The third-order valence-corrected chi connectivity index (χ3v) is 4.27. The molecule has 3 heterocycles. The molecule has 6 heteroatoms. The van der Waals surface area contributed by atoms with Gasteiger partial charge in [0.2, 0.25) is 17.5 Å². The molecule has 0 aromatic carbocycles. The Hall–Kier alpha value is -2.63. The normalized spacial score (nSPS) is 16.7. The fraction of sp³-hybridized carbons (Fsp3) is 0.312. The number of pyridine rings is 1. The van der Waals surface area contributed by atoms with Crippen LogP contribution in [0.2, 0.25) is 0 Å². The first-order chi connectivity index (χ1) is 10.9. The SMILES string of the molecule is c1cnc(-c2noc(C3(c4cccnc4)CCCC3)n2)nc1. The van der Waals surface area contributed by atoms with E-state index in [1.54, 1.807) is 24.7 Å². The van der Waals surface area contributed by atoms with Crippen molar-refractivity contribution in [3.63, 3.8) is 0 Å². The van der Waals surface area contributed by atoms with Crippen molar-refractivity contribution in [2.24, 2.45) is 0 Å². The molecule has 1 fully saturated rings. The molecule has 22 heavy (non-hydrogen) atoms. The summed E-state index contributed by atoms with van der Waals surface area (Å²) >= 11 is 0. The molecule has 3 aromatic heterocycles. The van der Waals surface area contributed by atoms with Crippen molar-refractivity contribution in [2.75, 3.05) is 0 Å². The highest BCUT2D eigenvalue weighted by Gasteiger charge is 2.42. The average molecular weight is 293 g/mol. The van der Waals surface area contributed by atoms with Crippen LogP contribution in [0.1, 0.15) is 37.1 Å². The highest BCUT2D eigenvalue weighted by atomic mass is 16.5. The van der Waals surface area contributed by atoms with Gasteiger partial charge in [0.05, 0.1) is 5.41 Å². The summed E-state index contributed by atoms with van der Waals surface area (Å²) < 4.78 is 5.59. The molecule has 6 nitrogen and oxygen atoms in total. The van der Waals surface area contributed by atoms with Crippen molar-refractivity contribution in [2.45, 2.75) is 31.1 Å². The molecule has 0 radical (unpaired) electrons. The van der Waals surface area contributed by atoms with Crippen LogP contribution in [0.3, 0.4) is 0 Å². The monoisotopic (exact) mass is 293 g/mol. The molecule has 0 saturated heterocycles. The Morgan fingerprint density at radius 3 is 2.50 bits per heavy atom. The summed E-state index contributed by atoms with van der Waals surface area (Å²) in [5.41, 5.74) is 0.908. The summed E-state index contributed by atoms with van der Waals surface area (Å²) in [6, 6.07) is 5.80. The van der Waals surface area contributed by atoms with Crippen LogP contribution in [-0.2, 0) is 5.41 Å². The fourth-order valence-electron chi connectivity index (χ4n) is 3.17. The first-order valence-electron chi connectivity index (χ1n) is 7.41. The van der Waals surface area contributed by atoms with Gasteiger partial charge in [-0.25, -0.2) is 9.97 Å². The van der Waals surface area contributed by atoms with E-state index >= 15 is 0 Å². The predicted molar refractivity (Wildman–Crippen MR) is 78.8 cm³/mol. The first kappa shape index (κ1) is 13.1. The Kier molecular flexibility index (Phi) is 3.14. The molecule has 0 unspecified atom stereocenters. The Morgan fingerprint density at radius 1 is 0.955 bits per heavy atom. The van der Waals surface area contributed by atoms with Crippen molar-refractivity contribution in [3.8, 4) is 11.6 Å². The number of hydrogen-bond donors (Lipinski definition) is 0. The molecule has 1 aliphatic rings. The molecule has 4 rings (SSSR count). The van der Waals surface area contributed by atoms with E-state index in [1.807, 2.05) is 12.3 Å². The van der Waals surface area contributed by atoms with Gasteiger partial charge in [-0.3, -0.25) is 4.98 Å². The minimum absolute atomic E-state index is 0.228. The van der Waals surface area contributed by atoms with Gasteiger partial charge in [-0.1, -0.05) is 24.1 Å². The average Bonchev–Trinajstić information content (AvgIpc) is 3.27. The van der Waals surface area contributed by atoms with Crippen molar-refractivity contribution in [1.82, 2.24) is 25.1 Å². The van der Waals surface area contributed by atoms with E-state index in [2.05, 4.69) is 31.2 Å². The molecule has 1 saturated carbocycles. The maximum absolute atomic E-state index is 5.59. The number of hydrogen-bond acceptors (Lipinski definition) is 6. The summed E-state index contributed by atoms with van der Waals surface area (Å²) in [7, 11) is 0. The zero-order chi connectivity index (χ0) is 14.8. The molecule has 0 amide bonds. The van der Waals surface area contributed by atoms with Gasteiger partial charge in [0.1, 0.15) is 0 Å². The van der Waals surface area contributed by atoms with Crippen LogP contribution in [0.15, 0.2) is 47.5 Å². The van der Waals surface area contributed by atoms with Crippen LogP contribution >= 0.6 is 0 Å². The second-order valence-corrected chi connectivity index (χ2v) is 5.53. The standard InChI is InChI=1S/C16H15N5O/c1-2-7-16(6-1,12-5-3-8-17-11-12)15-20-14(21-22-15)13-18-9-4-10-19-13/h3-5,8-11H,1-2,6-7H2. The van der Waals surface area contributed by atoms with Gasteiger partial charge in [-0.15, -0.1) is 0 Å². The van der Waals surface area contributed by atoms with Gasteiger partial charge in [-0.2, -0.15) is 4.98 Å². The zero-order valence-corrected chi connectivity index (χ0v) is 12.0. The van der Waals surface area contributed by atoms with E-state index < -0.39 is 0 Å². The second-order valence-electron chi connectivity index (χ2n) is 5.53. The van der Waals surface area contributed by atoms with Gasteiger partial charge in [0.25, 0.3) is 0 Å². The lowest BCUT2D eigenvalue weighted by Gasteiger charge is -2.24. The highest BCUT2D eigenvalue weighted by molar-refractivity contribution is 5.42. The topological polar surface area (TPSA) is 77.6 Å². The number of nitrogens with zero attached hydrogens (tertiary/aromatic N) is 5. The van der Waals surface area contributed by atoms with Gasteiger partial charge < -0.3 is 4.52 Å². The molecule has 3 aromatic rings. The quantitative estimate of drug-likeness (QED) is 0.739. The second kappa shape index (κ2) is 5.29. The number of aromatic nitrogens is 5. The van der Waals surface area contributed by atoms with Crippen molar-refractivity contribution < 1.29 is 4.52 Å². The Balaban J connectivity index is 1.78. The van der Waals surface area contributed by atoms with E-state index in [4.69, 9.17) is 4.52 Å². The molecule has 110 valence electrons. The van der Waals surface area contributed by atoms with Gasteiger partial charge in [-0.05, 0) is 30.5 Å². The zero-order valence-electron chi connectivity index (χ0n) is 12.0. The summed E-state index contributed by atoms with van der Waals surface area (Å²) in [5, 5.41) is 4.07.